The number of hydrogen-bond acceptors (Lipinski definition) is 4. The lowest BCUT2D eigenvalue weighted by molar-refractivity contribution is 0.0524. The molecular weight excluding hydrogens is 236 g/mol. The van der Waals surface area contributed by atoms with Crippen molar-refractivity contribution in [3.05, 3.63) is 41.3 Å². The molecule has 1 aromatic carbocycles. The first kappa shape index (κ1) is 11.7. The van der Waals surface area contributed by atoms with Crippen LogP contribution in [0.2, 0.25) is 0 Å². The number of carbonyl (C=O) groups excluding carboxylic acids is 1. The summed E-state index contributed by atoms with van der Waals surface area (Å²) in [5.41, 5.74) is 1.13. The molecule has 0 atom stereocenters. The molecule has 0 aliphatic rings. The van der Waals surface area contributed by atoms with Crippen LogP contribution in [0.3, 0.4) is 0 Å². The second kappa shape index (κ2) is 5.01. The fraction of sp³-hybridized carbons (Fsp3) is 0.154. The SMILES string of the molecule is CCOC(=O)c1csc(-c2ccccc2)c1O. The normalized spacial score (nSPS) is 10.2. The van der Waals surface area contributed by atoms with Crippen molar-refractivity contribution < 1.29 is 14.6 Å². The van der Waals surface area contributed by atoms with Gasteiger partial charge in [-0.05, 0) is 12.5 Å². The van der Waals surface area contributed by atoms with Crippen LogP contribution in [0.15, 0.2) is 35.7 Å². The van der Waals surface area contributed by atoms with Crippen LogP contribution in [0.1, 0.15) is 17.3 Å². The van der Waals surface area contributed by atoms with E-state index in [1.807, 2.05) is 30.3 Å². The highest BCUT2D eigenvalue weighted by atomic mass is 32.1. The van der Waals surface area contributed by atoms with Crippen LogP contribution < -0.4 is 0 Å². The first-order chi connectivity index (χ1) is 8.24. The Kier molecular flexibility index (Phi) is 3.44. The zero-order chi connectivity index (χ0) is 12.3. The lowest BCUT2D eigenvalue weighted by atomic mass is 10.1. The lowest BCUT2D eigenvalue weighted by Crippen LogP contribution is -2.03. The average Bonchev–Trinajstić information content (AvgIpc) is 2.72. The van der Waals surface area contributed by atoms with E-state index in [9.17, 15) is 9.90 Å². The number of aromatic hydroxyl groups is 1. The van der Waals surface area contributed by atoms with Gasteiger partial charge in [-0.25, -0.2) is 4.79 Å². The molecule has 0 unspecified atom stereocenters. The third kappa shape index (κ3) is 2.31. The molecule has 0 saturated carbocycles. The fourth-order valence-corrected chi connectivity index (χ4v) is 2.44. The number of esters is 1. The Morgan fingerprint density at radius 3 is 2.71 bits per heavy atom. The first-order valence-corrected chi connectivity index (χ1v) is 6.15. The fourth-order valence-electron chi connectivity index (χ4n) is 1.50. The molecule has 0 aliphatic heterocycles. The Bertz CT molecular complexity index is 517. The van der Waals surface area contributed by atoms with E-state index in [0.717, 1.165) is 5.56 Å². The number of benzene rings is 1. The third-order valence-electron chi connectivity index (χ3n) is 2.30. The van der Waals surface area contributed by atoms with Crippen LogP contribution in [-0.4, -0.2) is 17.7 Å². The van der Waals surface area contributed by atoms with Crippen LogP contribution in [0.25, 0.3) is 10.4 Å². The summed E-state index contributed by atoms with van der Waals surface area (Å²) in [5, 5.41) is 11.6. The van der Waals surface area contributed by atoms with E-state index in [2.05, 4.69) is 0 Å². The largest absolute Gasteiger partial charge is 0.506 e. The predicted octanol–water partition coefficient (Wildman–Crippen LogP) is 3.30. The van der Waals surface area contributed by atoms with Gasteiger partial charge in [0.05, 0.1) is 11.5 Å². The van der Waals surface area contributed by atoms with E-state index in [0.29, 0.717) is 11.5 Å². The predicted molar refractivity (Wildman–Crippen MR) is 67.4 cm³/mol. The molecule has 0 radical (unpaired) electrons. The zero-order valence-electron chi connectivity index (χ0n) is 9.34. The topological polar surface area (TPSA) is 46.5 Å². The van der Waals surface area contributed by atoms with Gasteiger partial charge < -0.3 is 9.84 Å². The minimum absolute atomic E-state index is 0.000324. The van der Waals surface area contributed by atoms with E-state index in [-0.39, 0.29) is 11.3 Å². The van der Waals surface area contributed by atoms with Crippen molar-refractivity contribution in [2.45, 2.75) is 6.92 Å². The zero-order valence-corrected chi connectivity index (χ0v) is 10.2. The van der Waals surface area contributed by atoms with Crippen LogP contribution >= 0.6 is 11.3 Å². The average molecular weight is 248 g/mol. The van der Waals surface area contributed by atoms with Crippen LogP contribution in [0, 0.1) is 0 Å². The Balaban J connectivity index is 2.37. The van der Waals surface area contributed by atoms with Crippen LogP contribution in [-0.2, 0) is 4.74 Å². The molecule has 0 aliphatic carbocycles. The third-order valence-corrected chi connectivity index (χ3v) is 3.31. The van der Waals surface area contributed by atoms with E-state index < -0.39 is 5.97 Å². The summed E-state index contributed by atoms with van der Waals surface area (Å²) in [5.74, 6) is -0.483. The number of rotatable bonds is 3. The van der Waals surface area contributed by atoms with Crippen molar-refractivity contribution in [2.75, 3.05) is 6.61 Å². The van der Waals surface area contributed by atoms with Crippen molar-refractivity contribution in [3.63, 3.8) is 0 Å². The Morgan fingerprint density at radius 2 is 2.06 bits per heavy atom. The van der Waals surface area contributed by atoms with Gasteiger partial charge >= 0.3 is 5.97 Å². The molecule has 1 heterocycles. The molecule has 1 aromatic heterocycles. The van der Waals surface area contributed by atoms with Crippen molar-refractivity contribution in [2.24, 2.45) is 0 Å². The number of hydrogen-bond donors (Lipinski definition) is 1. The van der Waals surface area contributed by atoms with E-state index in [4.69, 9.17) is 4.74 Å². The maximum atomic E-state index is 11.5. The molecule has 1 N–H and O–H groups in total. The summed E-state index contributed by atoms with van der Waals surface area (Å²) < 4.78 is 4.87. The maximum Gasteiger partial charge on any atom is 0.342 e. The van der Waals surface area contributed by atoms with Gasteiger partial charge in [0.2, 0.25) is 0 Å². The molecule has 17 heavy (non-hydrogen) atoms. The van der Waals surface area contributed by atoms with Gasteiger partial charge in [-0.1, -0.05) is 30.3 Å². The summed E-state index contributed by atoms with van der Waals surface area (Å²) in [6, 6.07) is 9.46. The van der Waals surface area contributed by atoms with Gasteiger partial charge in [-0.15, -0.1) is 11.3 Å². The van der Waals surface area contributed by atoms with Crippen LogP contribution in [0.5, 0.6) is 5.75 Å². The summed E-state index contributed by atoms with van der Waals surface area (Å²) in [6.45, 7) is 2.04. The summed E-state index contributed by atoms with van der Waals surface area (Å²) >= 11 is 1.33. The highest BCUT2D eigenvalue weighted by Crippen LogP contribution is 2.38. The maximum absolute atomic E-state index is 11.5. The minimum atomic E-state index is -0.483. The van der Waals surface area contributed by atoms with E-state index in [1.165, 1.54) is 11.3 Å². The van der Waals surface area contributed by atoms with Crippen molar-refractivity contribution in [3.8, 4) is 16.2 Å². The smallest absolute Gasteiger partial charge is 0.342 e. The molecule has 0 fully saturated rings. The molecule has 0 saturated heterocycles. The first-order valence-electron chi connectivity index (χ1n) is 5.27. The van der Waals surface area contributed by atoms with E-state index in [1.54, 1.807) is 12.3 Å². The van der Waals surface area contributed by atoms with Gasteiger partial charge in [-0.2, -0.15) is 0 Å². The van der Waals surface area contributed by atoms with Crippen molar-refractivity contribution >= 4 is 17.3 Å². The molecule has 0 spiro atoms. The standard InChI is InChI=1S/C13H12O3S/c1-2-16-13(15)10-8-17-12(11(10)14)9-6-4-3-5-7-9/h3-8,14H,2H2,1H3. The molecular formula is C13H12O3S. The van der Waals surface area contributed by atoms with Gasteiger partial charge in [-0.3, -0.25) is 0 Å². The van der Waals surface area contributed by atoms with Gasteiger partial charge in [0, 0.05) is 5.38 Å². The minimum Gasteiger partial charge on any atom is -0.506 e. The molecule has 88 valence electrons. The second-order valence-electron chi connectivity index (χ2n) is 3.41. The summed E-state index contributed by atoms with van der Waals surface area (Å²) in [4.78, 5) is 12.2. The molecule has 0 amide bonds. The van der Waals surface area contributed by atoms with Crippen LogP contribution in [0.4, 0.5) is 0 Å². The molecule has 2 aromatic rings. The number of carbonyl (C=O) groups is 1. The number of thiophene rings is 1. The van der Waals surface area contributed by atoms with Crippen molar-refractivity contribution in [1.29, 1.82) is 0 Å². The van der Waals surface area contributed by atoms with E-state index >= 15 is 0 Å². The molecule has 0 bridgehead atoms. The highest BCUT2D eigenvalue weighted by Gasteiger charge is 2.18. The monoisotopic (exact) mass is 248 g/mol. The lowest BCUT2D eigenvalue weighted by Gasteiger charge is -2.01. The Labute approximate surface area is 103 Å². The Morgan fingerprint density at radius 1 is 1.35 bits per heavy atom. The number of ether oxygens (including phenoxy) is 1. The molecule has 3 nitrogen and oxygen atoms in total. The van der Waals surface area contributed by atoms with Gasteiger partial charge in [0.25, 0.3) is 0 Å². The second-order valence-corrected chi connectivity index (χ2v) is 4.29. The summed E-state index contributed by atoms with van der Waals surface area (Å²) in [7, 11) is 0. The Hall–Kier alpha value is -1.81. The van der Waals surface area contributed by atoms with Gasteiger partial charge in [0.15, 0.2) is 0 Å². The van der Waals surface area contributed by atoms with Gasteiger partial charge in [0.1, 0.15) is 11.3 Å². The molecule has 2 rings (SSSR count). The molecule has 4 heteroatoms. The highest BCUT2D eigenvalue weighted by molar-refractivity contribution is 7.14. The van der Waals surface area contributed by atoms with Crippen molar-refractivity contribution in [1.82, 2.24) is 0 Å². The quantitative estimate of drug-likeness (QED) is 0.848. The summed E-state index contributed by atoms with van der Waals surface area (Å²) in [6.07, 6.45) is 0.